The Bertz CT molecular complexity index is 186. The molecule has 3 heteroatoms. The third-order valence-electron chi connectivity index (χ3n) is 3.51. The quantitative estimate of drug-likeness (QED) is 0.737. The average Bonchev–Trinajstić information content (AvgIpc) is 2.28. The van der Waals surface area contributed by atoms with Gasteiger partial charge in [0.05, 0.1) is 0 Å². The zero-order valence-electron chi connectivity index (χ0n) is 12.0. The van der Waals surface area contributed by atoms with Crippen LogP contribution in [0, 0.1) is 5.92 Å². The zero-order valence-corrected chi connectivity index (χ0v) is 12.0. The molecule has 3 nitrogen and oxygen atoms in total. The average molecular weight is 241 g/mol. The Morgan fingerprint density at radius 3 is 2.00 bits per heavy atom. The van der Waals surface area contributed by atoms with Gasteiger partial charge in [-0.2, -0.15) is 0 Å². The van der Waals surface area contributed by atoms with E-state index in [2.05, 4.69) is 30.6 Å². The Morgan fingerprint density at radius 1 is 1.00 bits per heavy atom. The maximum absolute atomic E-state index is 6.15. The lowest BCUT2D eigenvalue weighted by Gasteiger charge is -2.36. The predicted molar refractivity (Wildman–Crippen MR) is 75.2 cm³/mol. The minimum absolute atomic E-state index is 0.381. The van der Waals surface area contributed by atoms with Gasteiger partial charge in [-0.05, 0) is 12.3 Å². The van der Waals surface area contributed by atoms with Gasteiger partial charge in [0.15, 0.2) is 0 Å². The van der Waals surface area contributed by atoms with Gasteiger partial charge in [0.25, 0.3) is 0 Å². The molecule has 1 atom stereocenters. The fraction of sp³-hybridized carbons (Fsp3) is 1.00. The van der Waals surface area contributed by atoms with Crippen LogP contribution in [0.2, 0.25) is 0 Å². The van der Waals surface area contributed by atoms with Gasteiger partial charge in [0.2, 0.25) is 0 Å². The molecule has 0 aromatic rings. The number of hydrogen-bond acceptors (Lipinski definition) is 3. The lowest BCUT2D eigenvalue weighted by Crippen LogP contribution is -2.50. The van der Waals surface area contributed by atoms with E-state index in [0.717, 1.165) is 12.5 Å². The van der Waals surface area contributed by atoms with Gasteiger partial charge < -0.3 is 10.6 Å². The minimum Gasteiger partial charge on any atom is -0.327 e. The van der Waals surface area contributed by atoms with Crippen molar-refractivity contribution < 1.29 is 0 Å². The molecule has 1 aliphatic heterocycles. The van der Waals surface area contributed by atoms with E-state index >= 15 is 0 Å². The molecule has 0 aromatic heterocycles. The van der Waals surface area contributed by atoms with E-state index < -0.39 is 0 Å². The van der Waals surface area contributed by atoms with E-state index in [4.69, 9.17) is 5.73 Å². The first-order chi connectivity index (χ1) is 8.11. The SMILES string of the molecule is CCCCC(N)CN1CCN(CC(C)C)CC1. The summed E-state index contributed by atoms with van der Waals surface area (Å²) in [5.74, 6) is 0.786. The Kier molecular flexibility index (Phi) is 7.09. The fourth-order valence-corrected chi connectivity index (χ4v) is 2.56. The minimum atomic E-state index is 0.381. The van der Waals surface area contributed by atoms with Gasteiger partial charge in [-0.25, -0.2) is 0 Å². The highest BCUT2D eigenvalue weighted by atomic mass is 15.3. The van der Waals surface area contributed by atoms with E-state index in [0.29, 0.717) is 6.04 Å². The molecule has 0 bridgehead atoms. The van der Waals surface area contributed by atoms with Crippen LogP contribution in [0.4, 0.5) is 0 Å². The van der Waals surface area contributed by atoms with Crippen molar-refractivity contribution in [1.82, 2.24) is 9.80 Å². The Hall–Kier alpha value is -0.120. The Balaban J connectivity index is 2.14. The first-order valence-corrected chi connectivity index (χ1v) is 7.32. The summed E-state index contributed by atoms with van der Waals surface area (Å²) in [5, 5.41) is 0. The largest absolute Gasteiger partial charge is 0.327 e. The number of rotatable bonds is 7. The van der Waals surface area contributed by atoms with Crippen LogP contribution in [-0.2, 0) is 0 Å². The molecule has 0 saturated carbocycles. The molecule has 1 fully saturated rings. The lowest BCUT2D eigenvalue weighted by molar-refractivity contribution is 0.116. The van der Waals surface area contributed by atoms with Crippen LogP contribution >= 0.6 is 0 Å². The molecule has 0 radical (unpaired) electrons. The van der Waals surface area contributed by atoms with E-state index in [1.54, 1.807) is 0 Å². The molecular weight excluding hydrogens is 210 g/mol. The summed E-state index contributed by atoms with van der Waals surface area (Å²) in [6.07, 6.45) is 3.72. The summed E-state index contributed by atoms with van der Waals surface area (Å²) in [6, 6.07) is 0.381. The molecule has 1 unspecified atom stereocenters. The van der Waals surface area contributed by atoms with Gasteiger partial charge in [0, 0.05) is 45.3 Å². The monoisotopic (exact) mass is 241 g/mol. The van der Waals surface area contributed by atoms with Gasteiger partial charge in [0.1, 0.15) is 0 Å². The van der Waals surface area contributed by atoms with Crippen molar-refractivity contribution in [2.75, 3.05) is 39.3 Å². The van der Waals surface area contributed by atoms with Gasteiger partial charge in [-0.15, -0.1) is 0 Å². The normalized spacial score (nSPS) is 21.0. The molecule has 0 aliphatic carbocycles. The van der Waals surface area contributed by atoms with Crippen LogP contribution in [0.5, 0.6) is 0 Å². The molecular formula is C14H31N3. The highest BCUT2D eigenvalue weighted by Gasteiger charge is 2.18. The first-order valence-electron chi connectivity index (χ1n) is 7.32. The van der Waals surface area contributed by atoms with Crippen molar-refractivity contribution >= 4 is 0 Å². The molecule has 17 heavy (non-hydrogen) atoms. The van der Waals surface area contributed by atoms with Crippen LogP contribution in [0.3, 0.4) is 0 Å². The number of nitrogens with zero attached hydrogens (tertiary/aromatic N) is 2. The zero-order chi connectivity index (χ0) is 12.7. The number of unbranched alkanes of at least 4 members (excludes halogenated alkanes) is 1. The molecule has 2 N–H and O–H groups in total. The summed E-state index contributed by atoms with van der Waals surface area (Å²) >= 11 is 0. The van der Waals surface area contributed by atoms with E-state index in [9.17, 15) is 0 Å². The highest BCUT2D eigenvalue weighted by molar-refractivity contribution is 4.76. The summed E-state index contributed by atoms with van der Waals surface area (Å²) in [7, 11) is 0. The third kappa shape index (κ3) is 6.39. The molecule has 1 aliphatic rings. The fourth-order valence-electron chi connectivity index (χ4n) is 2.56. The summed E-state index contributed by atoms with van der Waals surface area (Å²) in [4.78, 5) is 5.12. The van der Waals surface area contributed by atoms with Crippen molar-refractivity contribution in [1.29, 1.82) is 0 Å². The standard InChI is InChI=1S/C14H31N3/c1-4-5-6-14(15)12-17-9-7-16(8-10-17)11-13(2)3/h13-14H,4-12,15H2,1-3H3. The first kappa shape index (κ1) is 14.9. The molecule has 0 amide bonds. The van der Waals surface area contributed by atoms with Crippen LogP contribution in [0.25, 0.3) is 0 Å². The topological polar surface area (TPSA) is 32.5 Å². The maximum atomic E-state index is 6.15. The molecule has 1 rings (SSSR count). The van der Waals surface area contributed by atoms with E-state index in [-0.39, 0.29) is 0 Å². The van der Waals surface area contributed by atoms with Crippen molar-refractivity contribution in [3.63, 3.8) is 0 Å². The Morgan fingerprint density at radius 2 is 1.53 bits per heavy atom. The van der Waals surface area contributed by atoms with Crippen LogP contribution in [0.15, 0.2) is 0 Å². The van der Waals surface area contributed by atoms with E-state index in [1.165, 1.54) is 52.0 Å². The van der Waals surface area contributed by atoms with Crippen molar-refractivity contribution in [2.45, 2.75) is 46.1 Å². The van der Waals surface area contributed by atoms with Crippen LogP contribution in [0.1, 0.15) is 40.0 Å². The van der Waals surface area contributed by atoms with Crippen LogP contribution < -0.4 is 5.73 Å². The summed E-state index contributed by atoms with van der Waals surface area (Å²) < 4.78 is 0. The molecule has 0 aromatic carbocycles. The number of piperazine rings is 1. The highest BCUT2D eigenvalue weighted by Crippen LogP contribution is 2.07. The van der Waals surface area contributed by atoms with Crippen molar-refractivity contribution in [3.05, 3.63) is 0 Å². The molecule has 1 heterocycles. The van der Waals surface area contributed by atoms with Crippen molar-refractivity contribution in [2.24, 2.45) is 11.7 Å². The molecule has 0 spiro atoms. The second-order valence-corrected chi connectivity index (χ2v) is 5.90. The lowest BCUT2D eigenvalue weighted by atomic mass is 10.1. The molecule has 102 valence electrons. The second kappa shape index (κ2) is 8.06. The summed E-state index contributed by atoms with van der Waals surface area (Å²) in [5.41, 5.74) is 6.15. The van der Waals surface area contributed by atoms with Gasteiger partial charge in [-0.1, -0.05) is 33.6 Å². The maximum Gasteiger partial charge on any atom is 0.0167 e. The second-order valence-electron chi connectivity index (χ2n) is 5.90. The van der Waals surface area contributed by atoms with Gasteiger partial charge in [-0.3, -0.25) is 4.90 Å². The number of nitrogens with two attached hydrogens (primary N) is 1. The van der Waals surface area contributed by atoms with Crippen molar-refractivity contribution in [3.8, 4) is 0 Å². The third-order valence-corrected chi connectivity index (χ3v) is 3.51. The van der Waals surface area contributed by atoms with Crippen LogP contribution in [-0.4, -0.2) is 55.1 Å². The summed E-state index contributed by atoms with van der Waals surface area (Å²) in [6.45, 7) is 14.0. The Labute approximate surface area is 107 Å². The smallest absolute Gasteiger partial charge is 0.0167 e. The molecule has 1 saturated heterocycles. The van der Waals surface area contributed by atoms with E-state index in [1.807, 2.05) is 0 Å². The van der Waals surface area contributed by atoms with Gasteiger partial charge >= 0.3 is 0 Å². The number of hydrogen-bond donors (Lipinski definition) is 1. The predicted octanol–water partition coefficient (Wildman–Crippen LogP) is 1.78.